The molecule has 0 amide bonds. The van der Waals surface area contributed by atoms with Crippen LogP contribution in [0, 0.1) is 18.6 Å². The van der Waals surface area contributed by atoms with Crippen molar-refractivity contribution in [3.8, 4) is 0 Å². The van der Waals surface area contributed by atoms with Crippen LogP contribution in [0.25, 0.3) is 0 Å². The minimum Gasteiger partial charge on any atom is -0.204 e. The predicted molar refractivity (Wildman–Crippen MR) is 46.7 cm³/mol. The van der Waals surface area contributed by atoms with Crippen molar-refractivity contribution in [2.45, 2.75) is 6.92 Å². The Balaban J connectivity index is 0.000000461. The summed E-state index contributed by atoms with van der Waals surface area (Å²) in [6, 6.07) is 3.80. The highest BCUT2D eigenvalue weighted by molar-refractivity contribution is 7.15. The molecule has 1 atom stereocenters. The fourth-order valence-electron chi connectivity index (χ4n) is 0.601. The molecule has 0 bridgehead atoms. The molecule has 0 aromatic heterocycles. The third kappa shape index (κ3) is 3.43. The summed E-state index contributed by atoms with van der Waals surface area (Å²) < 4.78 is 24.3. The lowest BCUT2D eigenvalue weighted by Gasteiger charge is -1.91. The van der Waals surface area contributed by atoms with E-state index in [1.165, 1.54) is 6.07 Å². The summed E-state index contributed by atoms with van der Waals surface area (Å²) >= 11 is 0. The van der Waals surface area contributed by atoms with Crippen LogP contribution in [0.15, 0.2) is 18.2 Å². The molecule has 1 rings (SSSR count). The minimum atomic E-state index is -0.791. The van der Waals surface area contributed by atoms with Crippen molar-refractivity contribution >= 4 is 9.24 Å². The second-order valence-electron chi connectivity index (χ2n) is 1.92. The fourth-order valence-corrected chi connectivity index (χ4v) is 0.601. The summed E-state index contributed by atoms with van der Waals surface area (Å²) in [6.45, 7) is 3.63. The molecule has 0 aliphatic carbocycles. The van der Waals surface area contributed by atoms with E-state index in [2.05, 4.69) is 9.24 Å². The fraction of sp³-hybridized carbons (Fsp3) is 0.250. The van der Waals surface area contributed by atoms with E-state index >= 15 is 0 Å². The normalized spacial score (nSPS) is 8.45. The van der Waals surface area contributed by atoms with Gasteiger partial charge < -0.3 is 0 Å². The average Bonchev–Trinajstić information content (AvgIpc) is 2.02. The van der Waals surface area contributed by atoms with Crippen molar-refractivity contribution in [1.82, 2.24) is 0 Å². The SMILES string of the molecule is CP.Cc1ccc(F)c(F)c1. The van der Waals surface area contributed by atoms with E-state index in [4.69, 9.17) is 0 Å². The van der Waals surface area contributed by atoms with E-state index in [9.17, 15) is 8.78 Å². The first-order chi connectivity index (χ1) is 5.20. The Morgan fingerprint density at radius 2 is 1.64 bits per heavy atom. The monoisotopic (exact) mass is 176 g/mol. The highest BCUT2D eigenvalue weighted by Gasteiger charge is 1.97. The summed E-state index contributed by atoms with van der Waals surface area (Å²) in [5.41, 5.74) is 0.730. The highest BCUT2D eigenvalue weighted by Crippen LogP contribution is 2.06. The number of benzene rings is 1. The van der Waals surface area contributed by atoms with Crippen LogP contribution in [0.4, 0.5) is 8.78 Å². The van der Waals surface area contributed by atoms with Gasteiger partial charge in [-0.3, -0.25) is 0 Å². The maximum atomic E-state index is 12.2. The van der Waals surface area contributed by atoms with Crippen molar-refractivity contribution < 1.29 is 8.78 Å². The Morgan fingerprint density at radius 3 is 2.00 bits per heavy atom. The summed E-state index contributed by atoms with van der Waals surface area (Å²) in [4.78, 5) is 0. The maximum Gasteiger partial charge on any atom is 0.159 e. The van der Waals surface area contributed by atoms with E-state index in [1.807, 2.05) is 6.66 Å². The molecule has 0 N–H and O–H groups in total. The zero-order chi connectivity index (χ0) is 8.85. The molecule has 3 heteroatoms. The van der Waals surface area contributed by atoms with E-state index in [-0.39, 0.29) is 0 Å². The van der Waals surface area contributed by atoms with Gasteiger partial charge in [-0.05, 0) is 24.6 Å². The quantitative estimate of drug-likeness (QED) is 0.533. The van der Waals surface area contributed by atoms with Crippen LogP contribution in [0.1, 0.15) is 5.56 Å². The summed E-state index contributed by atoms with van der Waals surface area (Å²) in [7, 11) is 2.42. The standard InChI is InChI=1S/C7H6F2.CH5P/c1-5-2-3-6(8)7(9)4-5;1-2/h2-4H,1H3;2H2,1H3. The molecule has 0 saturated carbocycles. The molecule has 11 heavy (non-hydrogen) atoms. The van der Waals surface area contributed by atoms with E-state index in [0.29, 0.717) is 0 Å². The summed E-state index contributed by atoms with van der Waals surface area (Å²) in [6.07, 6.45) is 0. The van der Waals surface area contributed by atoms with Gasteiger partial charge in [0.25, 0.3) is 0 Å². The van der Waals surface area contributed by atoms with Crippen molar-refractivity contribution in [1.29, 1.82) is 0 Å². The lowest BCUT2D eigenvalue weighted by molar-refractivity contribution is 0.508. The van der Waals surface area contributed by atoms with Crippen molar-refractivity contribution in [2.75, 3.05) is 6.66 Å². The zero-order valence-electron chi connectivity index (χ0n) is 6.57. The van der Waals surface area contributed by atoms with Gasteiger partial charge in [0.1, 0.15) is 0 Å². The molecular formula is C8H11F2P. The number of hydrogen-bond acceptors (Lipinski definition) is 0. The van der Waals surface area contributed by atoms with Gasteiger partial charge in [-0.25, -0.2) is 8.78 Å². The van der Waals surface area contributed by atoms with Crippen LogP contribution < -0.4 is 0 Å². The smallest absolute Gasteiger partial charge is 0.159 e. The molecule has 0 fully saturated rings. The van der Waals surface area contributed by atoms with E-state index < -0.39 is 11.6 Å². The Kier molecular flexibility index (Phi) is 4.97. The van der Waals surface area contributed by atoms with Gasteiger partial charge in [-0.15, -0.1) is 9.24 Å². The van der Waals surface area contributed by atoms with Crippen molar-refractivity contribution in [2.24, 2.45) is 0 Å². The Morgan fingerprint density at radius 1 is 1.09 bits per heavy atom. The van der Waals surface area contributed by atoms with Crippen LogP contribution in [0.3, 0.4) is 0 Å². The van der Waals surface area contributed by atoms with E-state index in [1.54, 1.807) is 6.92 Å². The van der Waals surface area contributed by atoms with Crippen molar-refractivity contribution in [3.63, 3.8) is 0 Å². The van der Waals surface area contributed by atoms with E-state index in [0.717, 1.165) is 17.7 Å². The molecule has 0 nitrogen and oxygen atoms in total. The Bertz CT molecular complexity index is 223. The molecule has 0 saturated heterocycles. The molecule has 1 aromatic rings. The first kappa shape index (κ1) is 10.5. The first-order valence-corrected chi connectivity index (χ1v) is 4.35. The van der Waals surface area contributed by atoms with Gasteiger partial charge in [0.15, 0.2) is 11.6 Å². The second-order valence-corrected chi connectivity index (χ2v) is 1.92. The molecule has 1 unspecified atom stereocenters. The van der Waals surface area contributed by atoms with Gasteiger partial charge in [0.05, 0.1) is 0 Å². The molecular weight excluding hydrogens is 165 g/mol. The number of aryl methyl sites for hydroxylation is 1. The molecule has 0 aliphatic heterocycles. The Labute approximate surface area is 67.8 Å². The lowest BCUT2D eigenvalue weighted by Crippen LogP contribution is -1.82. The van der Waals surface area contributed by atoms with Crippen LogP contribution in [-0.2, 0) is 0 Å². The lowest BCUT2D eigenvalue weighted by atomic mass is 10.2. The molecule has 0 radical (unpaired) electrons. The third-order valence-electron chi connectivity index (χ3n) is 1.08. The van der Waals surface area contributed by atoms with Crippen LogP contribution in [0.5, 0.6) is 0 Å². The van der Waals surface area contributed by atoms with Gasteiger partial charge in [0, 0.05) is 0 Å². The predicted octanol–water partition coefficient (Wildman–Crippen LogP) is 2.76. The number of rotatable bonds is 0. The molecule has 0 aliphatic rings. The van der Waals surface area contributed by atoms with Crippen LogP contribution in [0.2, 0.25) is 0 Å². The van der Waals surface area contributed by atoms with Gasteiger partial charge >= 0.3 is 0 Å². The molecule has 62 valence electrons. The Hall–Kier alpha value is -0.490. The summed E-state index contributed by atoms with van der Waals surface area (Å²) in [5.74, 6) is -1.57. The number of halogens is 2. The summed E-state index contributed by atoms with van der Waals surface area (Å²) in [5, 5.41) is 0. The second kappa shape index (κ2) is 5.20. The zero-order valence-corrected chi connectivity index (χ0v) is 7.72. The molecule has 0 spiro atoms. The third-order valence-corrected chi connectivity index (χ3v) is 1.08. The van der Waals surface area contributed by atoms with Gasteiger partial charge in [0.2, 0.25) is 0 Å². The highest BCUT2D eigenvalue weighted by atomic mass is 31.0. The number of hydrogen-bond donors (Lipinski definition) is 0. The first-order valence-electron chi connectivity index (χ1n) is 3.19. The molecule has 0 heterocycles. The van der Waals surface area contributed by atoms with Gasteiger partial charge in [-0.1, -0.05) is 12.7 Å². The topological polar surface area (TPSA) is 0 Å². The van der Waals surface area contributed by atoms with Crippen LogP contribution >= 0.6 is 9.24 Å². The van der Waals surface area contributed by atoms with Gasteiger partial charge in [-0.2, -0.15) is 0 Å². The largest absolute Gasteiger partial charge is 0.204 e. The minimum absolute atomic E-state index is 0.730. The average molecular weight is 176 g/mol. The van der Waals surface area contributed by atoms with Crippen LogP contribution in [-0.4, -0.2) is 6.66 Å². The molecule has 1 aromatic carbocycles. The van der Waals surface area contributed by atoms with Crippen molar-refractivity contribution in [3.05, 3.63) is 35.4 Å². The maximum absolute atomic E-state index is 12.2.